The Morgan fingerprint density at radius 1 is 1.60 bits per heavy atom. The van der Waals surface area contributed by atoms with E-state index in [9.17, 15) is 0 Å². The highest BCUT2D eigenvalue weighted by atomic mass is 79.9. The monoisotopic (exact) mass is 289 g/mol. The molecule has 1 unspecified atom stereocenters. The molecular formula is C11H13BrClNO. The summed E-state index contributed by atoms with van der Waals surface area (Å²) in [6.45, 7) is 3.79. The van der Waals surface area contributed by atoms with Crippen LogP contribution in [0.4, 0.5) is 0 Å². The SMILES string of the molecule is CCNC1CCOc2c(Cl)cc(Br)cc21. The zero-order valence-corrected chi connectivity index (χ0v) is 10.9. The smallest absolute Gasteiger partial charge is 0.142 e. The van der Waals surface area contributed by atoms with Crippen LogP contribution in [0.3, 0.4) is 0 Å². The van der Waals surface area contributed by atoms with Crippen LogP contribution in [0.1, 0.15) is 24.9 Å². The van der Waals surface area contributed by atoms with Gasteiger partial charge < -0.3 is 10.1 Å². The van der Waals surface area contributed by atoms with E-state index in [2.05, 4.69) is 34.2 Å². The molecule has 0 aromatic heterocycles. The Bertz CT molecular complexity index is 370. The fourth-order valence-electron chi connectivity index (χ4n) is 1.88. The maximum Gasteiger partial charge on any atom is 0.142 e. The maximum absolute atomic E-state index is 6.13. The summed E-state index contributed by atoms with van der Waals surface area (Å²) in [6.07, 6.45) is 0.994. The topological polar surface area (TPSA) is 21.3 Å². The first kappa shape index (κ1) is 11.2. The van der Waals surface area contributed by atoms with Crippen molar-refractivity contribution in [3.8, 4) is 5.75 Å². The zero-order chi connectivity index (χ0) is 10.8. The van der Waals surface area contributed by atoms with Gasteiger partial charge in [0.1, 0.15) is 5.75 Å². The van der Waals surface area contributed by atoms with Gasteiger partial charge in [0.15, 0.2) is 0 Å². The maximum atomic E-state index is 6.13. The van der Waals surface area contributed by atoms with Gasteiger partial charge in [0.05, 0.1) is 11.6 Å². The normalized spacial score (nSPS) is 19.5. The molecule has 0 saturated carbocycles. The molecule has 2 rings (SSSR count). The van der Waals surface area contributed by atoms with Gasteiger partial charge in [-0.25, -0.2) is 0 Å². The van der Waals surface area contributed by atoms with E-state index >= 15 is 0 Å². The summed E-state index contributed by atoms with van der Waals surface area (Å²) >= 11 is 9.58. The Labute approximate surface area is 103 Å². The summed E-state index contributed by atoms with van der Waals surface area (Å²) in [5.41, 5.74) is 1.16. The van der Waals surface area contributed by atoms with Crippen LogP contribution in [0.5, 0.6) is 5.75 Å². The number of halogens is 2. The number of benzene rings is 1. The number of hydrogen-bond acceptors (Lipinski definition) is 2. The van der Waals surface area contributed by atoms with Crippen LogP contribution in [0.15, 0.2) is 16.6 Å². The molecule has 1 atom stereocenters. The van der Waals surface area contributed by atoms with Gasteiger partial charge >= 0.3 is 0 Å². The predicted molar refractivity (Wildman–Crippen MR) is 65.7 cm³/mol. The van der Waals surface area contributed by atoms with E-state index in [-0.39, 0.29) is 0 Å². The van der Waals surface area contributed by atoms with E-state index in [0.29, 0.717) is 11.1 Å². The Morgan fingerprint density at radius 2 is 2.40 bits per heavy atom. The van der Waals surface area contributed by atoms with Crippen molar-refractivity contribution in [1.82, 2.24) is 5.32 Å². The van der Waals surface area contributed by atoms with Crippen molar-refractivity contribution in [2.75, 3.05) is 13.2 Å². The first-order chi connectivity index (χ1) is 7.22. The van der Waals surface area contributed by atoms with Crippen LogP contribution in [0, 0.1) is 0 Å². The lowest BCUT2D eigenvalue weighted by Crippen LogP contribution is -2.27. The van der Waals surface area contributed by atoms with Crippen molar-refractivity contribution in [3.63, 3.8) is 0 Å². The Morgan fingerprint density at radius 3 is 3.13 bits per heavy atom. The summed E-state index contributed by atoms with van der Waals surface area (Å²) in [5, 5.41) is 4.12. The second-order valence-electron chi connectivity index (χ2n) is 3.55. The zero-order valence-electron chi connectivity index (χ0n) is 8.52. The van der Waals surface area contributed by atoms with Crippen LogP contribution < -0.4 is 10.1 Å². The van der Waals surface area contributed by atoms with Gasteiger partial charge in [-0.2, -0.15) is 0 Å². The number of rotatable bonds is 2. The number of hydrogen-bond donors (Lipinski definition) is 1. The fraction of sp³-hybridized carbons (Fsp3) is 0.455. The summed E-state index contributed by atoms with van der Waals surface area (Å²) < 4.78 is 6.59. The van der Waals surface area contributed by atoms with Crippen LogP contribution in [0.25, 0.3) is 0 Å². The molecule has 4 heteroatoms. The van der Waals surface area contributed by atoms with Gasteiger partial charge in [-0.15, -0.1) is 0 Å². The molecule has 0 radical (unpaired) electrons. The van der Waals surface area contributed by atoms with Crippen molar-refractivity contribution < 1.29 is 4.74 Å². The second kappa shape index (κ2) is 4.73. The Hall–Kier alpha value is -0.250. The average molecular weight is 291 g/mol. The molecule has 0 saturated heterocycles. The Kier molecular flexibility index (Phi) is 3.54. The fourth-order valence-corrected chi connectivity index (χ4v) is 2.77. The number of ether oxygens (including phenoxy) is 1. The van der Waals surface area contributed by atoms with Crippen molar-refractivity contribution >= 4 is 27.5 Å². The summed E-state index contributed by atoms with van der Waals surface area (Å²) in [7, 11) is 0. The molecular weight excluding hydrogens is 277 g/mol. The molecule has 82 valence electrons. The van der Waals surface area contributed by atoms with Gasteiger partial charge in [0, 0.05) is 22.5 Å². The third-order valence-corrected chi connectivity index (χ3v) is 3.25. The minimum Gasteiger partial charge on any atom is -0.492 e. The first-order valence-corrected chi connectivity index (χ1v) is 6.24. The van der Waals surface area contributed by atoms with Gasteiger partial charge in [-0.3, -0.25) is 0 Å². The van der Waals surface area contributed by atoms with Gasteiger partial charge in [-0.05, 0) is 18.7 Å². The largest absolute Gasteiger partial charge is 0.492 e. The second-order valence-corrected chi connectivity index (χ2v) is 4.88. The van der Waals surface area contributed by atoms with Crippen molar-refractivity contribution in [2.24, 2.45) is 0 Å². The highest BCUT2D eigenvalue weighted by Crippen LogP contribution is 2.39. The third-order valence-electron chi connectivity index (χ3n) is 2.52. The van der Waals surface area contributed by atoms with E-state index < -0.39 is 0 Å². The van der Waals surface area contributed by atoms with Gasteiger partial charge in [0.2, 0.25) is 0 Å². The van der Waals surface area contributed by atoms with E-state index in [1.807, 2.05) is 6.07 Å². The van der Waals surface area contributed by atoms with Gasteiger partial charge in [0.25, 0.3) is 0 Å². The van der Waals surface area contributed by atoms with Crippen LogP contribution >= 0.6 is 27.5 Å². The summed E-state index contributed by atoms with van der Waals surface area (Å²) in [6, 6.07) is 4.30. The van der Waals surface area contributed by atoms with Crippen molar-refractivity contribution in [2.45, 2.75) is 19.4 Å². The molecule has 1 N–H and O–H groups in total. The lowest BCUT2D eigenvalue weighted by Gasteiger charge is -2.27. The van der Waals surface area contributed by atoms with E-state index in [1.165, 1.54) is 0 Å². The standard InChI is InChI=1S/C11H13BrClNO/c1-2-14-10-3-4-15-11-8(10)5-7(12)6-9(11)13/h5-6,10,14H,2-4H2,1H3. The molecule has 1 aliphatic heterocycles. The van der Waals surface area contributed by atoms with Crippen LogP contribution in [0.2, 0.25) is 5.02 Å². The molecule has 1 aromatic carbocycles. The molecule has 2 nitrogen and oxygen atoms in total. The number of nitrogens with one attached hydrogen (secondary N) is 1. The predicted octanol–water partition coefficient (Wildman–Crippen LogP) is 3.54. The van der Waals surface area contributed by atoms with Crippen LogP contribution in [-0.4, -0.2) is 13.2 Å². The molecule has 0 bridgehead atoms. The quantitative estimate of drug-likeness (QED) is 0.899. The number of fused-ring (bicyclic) bond motifs is 1. The highest BCUT2D eigenvalue weighted by molar-refractivity contribution is 9.10. The van der Waals surface area contributed by atoms with E-state index in [4.69, 9.17) is 16.3 Å². The van der Waals surface area contributed by atoms with Crippen molar-refractivity contribution in [3.05, 3.63) is 27.2 Å². The molecule has 1 aliphatic rings. The third kappa shape index (κ3) is 2.30. The van der Waals surface area contributed by atoms with E-state index in [0.717, 1.165) is 35.4 Å². The molecule has 0 fully saturated rings. The molecule has 1 heterocycles. The van der Waals surface area contributed by atoms with Crippen LogP contribution in [-0.2, 0) is 0 Å². The lowest BCUT2D eigenvalue weighted by atomic mass is 10.0. The lowest BCUT2D eigenvalue weighted by molar-refractivity contribution is 0.254. The van der Waals surface area contributed by atoms with Gasteiger partial charge in [-0.1, -0.05) is 34.5 Å². The Balaban J connectivity index is 2.41. The van der Waals surface area contributed by atoms with Crippen molar-refractivity contribution in [1.29, 1.82) is 0 Å². The van der Waals surface area contributed by atoms with E-state index in [1.54, 1.807) is 0 Å². The minimum absolute atomic E-state index is 0.355. The highest BCUT2D eigenvalue weighted by Gasteiger charge is 2.23. The molecule has 15 heavy (non-hydrogen) atoms. The summed E-state index contributed by atoms with van der Waals surface area (Å²) in [5.74, 6) is 0.831. The first-order valence-electron chi connectivity index (χ1n) is 5.07. The molecule has 1 aromatic rings. The average Bonchev–Trinajstić information content (AvgIpc) is 2.19. The molecule has 0 spiro atoms. The molecule has 0 aliphatic carbocycles. The summed E-state index contributed by atoms with van der Waals surface area (Å²) in [4.78, 5) is 0. The minimum atomic E-state index is 0.355. The molecule has 0 amide bonds.